The first kappa shape index (κ1) is 16.7. The van der Waals surface area contributed by atoms with Crippen LogP contribution in [0.3, 0.4) is 0 Å². The lowest BCUT2D eigenvalue weighted by Crippen LogP contribution is -2.30. The van der Waals surface area contributed by atoms with Gasteiger partial charge in [-0.15, -0.1) is 11.3 Å². The van der Waals surface area contributed by atoms with Crippen molar-refractivity contribution in [1.82, 2.24) is 24.3 Å². The van der Waals surface area contributed by atoms with Crippen molar-refractivity contribution in [2.45, 2.75) is 25.7 Å². The maximum absolute atomic E-state index is 12.6. The molecule has 0 bridgehead atoms. The predicted octanol–water partition coefficient (Wildman–Crippen LogP) is 1.41. The Labute approximate surface area is 143 Å². The number of hydrogen-bond acceptors (Lipinski definition) is 6. The van der Waals surface area contributed by atoms with E-state index in [2.05, 4.69) is 14.9 Å². The van der Waals surface area contributed by atoms with Crippen LogP contribution in [0.4, 0.5) is 0 Å². The summed E-state index contributed by atoms with van der Waals surface area (Å²) in [6, 6.07) is 1.66. The third-order valence-corrected chi connectivity index (χ3v) is 6.64. The third-order valence-electron chi connectivity index (χ3n) is 3.86. The highest BCUT2D eigenvalue weighted by atomic mass is 32.2. The summed E-state index contributed by atoms with van der Waals surface area (Å²) in [7, 11) is -0.546. The largest absolute Gasteiger partial charge is 0.275 e. The molecule has 3 rings (SSSR count). The van der Waals surface area contributed by atoms with Crippen molar-refractivity contribution in [2.24, 2.45) is 14.1 Å². The Kier molecular flexibility index (Phi) is 3.76. The summed E-state index contributed by atoms with van der Waals surface area (Å²) in [5, 5.41) is 9.19. The topological polar surface area (TPSA) is 98.9 Å². The van der Waals surface area contributed by atoms with Crippen molar-refractivity contribution in [1.29, 1.82) is 0 Å². The van der Waals surface area contributed by atoms with E-state index in [1.165, 1.54) is 16.0 Å². The van der Waals surface area contributed by atoms with Gasteiger partial charge in [-0.1, -0.05) is 0 Å². The predicted molar refractivity (Wildman–Crippen MR) is 90.7 cm³/mol. The van der Waals surface area contributed by atoms with E-state index in [1.54, 1.807) is 38.7 Å². The minimum absolute atomic E-state index is 0.0392. The molecule has 1 amide bonds. The lowest BCUT2D eigenvalue weighted by Gasteiger charge is -2.06. The van der Waals surface area contributed by atoms with E-state index < -0.39 is 15.9 Å². The summed E-state index contributed by atoms with van der Waals surface area (Å²) in [6.45, 7) is 5.09. The quantitative estimate of drug-likeness (QED) is 0.755. The molecule has 0 fully saturated rings. The summed E-state index contributed by atoms with van der Waals surface area (Å²) in [4.78, 5) is 13.6. The van der Waals surface area contributed by atoms with E-state index in [1.807, 2.05) is 6.92 Å². The van der Waals surface area contributed by atoms with Gasteiger partial charge < -0.3 is 0 Å². The molecule has 3 aromatic rings. The molecule has 8 nitrogen and oxygen atoms in total. The van der Waals surface area contributed by atoms with Gasteiger partial charge in [0, 0.05) is 19.5 Å². The van der Waals surface area contributed by atoms with Crippen molar-refractivity contribution in [3.05, 3.63) is 28.0 Å². The Bertz CT molecular complexity index is 1040. The Morgan fingerprint density at radius 1 is 1.12 bits per heavy atom. The number of nitrogens with zero attached hydrogens (tertiary/aromatic N) is 4. The third kappa shape index (κ3) is 2.51. The van der Waals surface area contributed by atoms with Gasteiger partial charge in [0.1, 0.15) is 9.73 Å². The standard InChI is InChI=1S/C14H17N5O3S2/c1-7-10-6-11(23-14(10)19(5)15-7)13(20)17-24(21,22)12-8(2)16-18(4)9(12)3/h6H,1-5H3,(H,17,20). The van der Waals surface area contributed by atoms with Crippen LogP contribution in [0.1, 0.15) is 26.8 Å². The number of thiophene rings is 1. The summed E-state index contributed by atoms with van der Waals surface area (Å²) in [5.41, 5.74) is 1.63. The molecule has 0 aliphatic heterocycles. The zero-order valence-electron chi connectivity index (χ0n) is 13.9. The fourth-order valence-electron chi connectivity index (χ4n) is 2.68. The molecule has 10 heteroatoms. The zero-order chi connectivity index (χ0) is 17.8. The van der Waals surface area contributed by atoms with E-state index in [0.29, 0.717) is 16.3 Å². The molecule has 3 heterocycles. The van der Waals surface area contributed by atoms with Crippen molar-refractivity contribution < 1.29 is 13.2 Å². The number of carbonyl (C=O) groups is 1. The number of hydrogen-bond donors (Lipinski definition) is 1. The number of fused-ring (bicyclic) bond motifs is 1. The smallest absolute Gasteiger partial charge is 0.271 e. The highest BCUT2D eigenvalue weighted by molar-refractivity contribution is 7.90. The lowest BCUT2D eigenvalue weighted by molar-refractivity contribution is 0.0985. The number of aryl methyl sites for hydroxylation is 4. The molecule has 0 aromatic carbocycles. The van der Waals surface area contributed by atoms with Crippen molar-refractivity contribution in [3.63, 3.8) is 0 Å². The summed E-state index contributed by atoms with van der Waals surface area (Å²) in [6.07, 6.45) is 0. The molecule has 0 spiro atoms. The van der Waals surface area contributed by atoms with E-state index in [-0.39, 0.29) is 4.90 Å². The Morgan fingerprint density at radius 2 is 1.75 bits per heavy atom. The second-order valence-electron chi connectivity index (χ2n) is 5.60. The van der Waals surface area contributed by atoms with Crippen LogP contribution >= 0.6 is 11.3 Å². The maximum Gasteiger partial charge on any atom is 0.275 e. The zero-order valence-corrected chi connectivity index (χ0v) is 15.5. The van der Waals surface area contributed by atoms with E-state index >= 15 is 0 Å². The first-order valence-corrected chi connectivity index (χ1v) is 9.42. The van der Waals surface area contributed by atoms with E-state index in [4.69, 9.17) is 0 Å². The van der Waals surface area contributed by atoms with Crippen molar-refractivity contribution >= 4 is 37.5 Å². The maximum atomic E-state index is 12.6. The number of rotatable bonds is 3. The number of amides is 1. The van der Waals surface area contributed by atoms with Gasteiger partial charge in [-0.2, -0.15) is 10.2 Å². The molecule has 128 valence electrons. The van der Waals surface area contributed by atoms with Crippen LogP contribution in [-0.2, 0) is 24.1 Å². The average molecular weight is 367 g/mol. The molecular formula is C14H17N5O3S2. The fourth-order valence-corrected chi connectivity index (χ4v) is 5.17. The van der Waals surface area contributed by atoms with Gasteiger partial charge in [-0.25, -0.2) is 13.1 Å². The molecule has 3 aromatic heterocycles. The van der Waals surface area contributed by atoms with Crippen LogP contribution in [0.5, 0.6) is 0 Å². The first-order chi connectivity index (χ1) is 11.1. The lowest BCUT2D eigenvalue weighted by atomic mass is 10.3. The average Bonchev–Trinajstić information content (AvgIpc) is 3.07. The molecule has 0 atom stereocenters. The molecule has 24 heavy (non-hydrogen) atoms. The van der Waals surface area contributed by atoms with Crippen LogP contribution in [-0.4, -0.2) is 33.9 Å². The summed E-state index contributed by atoms with van der Waals surface area (Å²) < 4.78 is 30.4. The molecule has 0 radical (unpaired) electrons. The molecule has 0 saturated carbocycles. The fraction of sp³-hybridized carbons (Fsp3) is 0.357. The minimum atomic E-state index is -3.99. The van der Waals surface area contributed by atoms with Crippen molar-refractivity contribution in [3.8, 4) is 0 Å². The number of carbonyl (C=O) groups excluding carboxylic acids is 1. The molecule has 0 aliphatic rings. The molecule has 0 saturated heterocycles. The van der Waals surface area contributed by atoms with Crippen LogP contribution in [0.2, 0.25) is 0 Å². The Morgan fingerprint density at radius 3 is 2.29 bits per heavy atom. The molecule has 0 unspecified atom stereocenters. The van der Waals surface area contributed by atoms with Gasteiger partial charge in [-0.3, -0.25) is 14.2 Å². The minimum Gasteiger partial charge on any atom is -0.271 e. The summed E-state index contributed by atoms with van der Waals surface area (Å²) >= 11 is 1.21. The Hall–Kier alpha value is -2.20. The van der Waals surface area contributed by atoms with E-state index in [0.717, 1.165) is 15.9 Å². The number of nitrogens with one attached hydrogen (secondary N) is 1. The first-order valence-electron chi connectivity index (χ1n) is 7.12. The second kappa shape index (κ2) is 5.42. The van der Waals surface area contributed by atoms with Gasteiger partial charge in [0.05, 0.1) is 22.0 Å². The van der Waals surface area contributed by atoms with Gasteiger partial charge in [0.2, 0.25) is 0 Å². The van der Waals surface area contributed by atoms with Gasteiger partial charge >= 0.3 is 0 Å². The van der Waals surface area contributed by atoms with Crippen LogP contribution in [0, 0.1) is 20.8 Å². The molecular weight excluding hydrogens is 350 g/mol. The highest BCUT2D eigenvalue weighted by Crippen LogP contribution is 2.28. The number of aromatic nitrogens is 4. The highest BCUT2D eigenvalue weighted by Gasteiger charge is 2.27. The van der Waals surface area contributed by atoms with Gasteiger partial charge in [-0.05, 0) is 26.8 Å². The van der Waals surface area contributed by atoms with Crippen molar-refractivity contribution in [2.75, 3.05) is 0 Å². The van der Waals surface area contributed by atoms with Crippen LogP contribution in [0.25, 0.3) is 10.2 Å². The SMILES string of the molecule is Cc1nn(C)c(C)c1S(=O)(=O)NC(=O)c1cc2c(C)nn(C)c2s1. The van der Waals surface area contributed by atoms with Crippen LogP contribution in [0.15, 0.2) is 11.0 Å². The molecule has 1 N–H and O–H groups in total. The monoisotopic (exact) mass is 367 g/mol. The van der Waals surface area contributed by atoms with Crippen LogP contribution < -0.4 is 4.72 Å². The van der Waals surface area contributed by atoms with Gasteiger partial charge in [0.25, 0.3) is 15.9 Å². The second-order valence-corrected chi connectivity index (χ2v) is 8.25. The van der Waals surface area contributed by atoms with Gasteiger partial charge in [0.15, 0.2) is 0 Å². The Balaban J connectivity index is 1.97. The molecule has 0 aliphatic carbocycles. The normalized spacial score (nSPS) is 12.0. The summed E-state index contributed by atoms with van der Waals surface area (Å²) in [5.74, 6) is -0.654. The van der Waals surface area contributed by atoms with E-state index in [9.17, 15) is 13.2 Å². The number of sulfonamides is 1.